The molecule has 2 heterocycles. The lowest BCUT2D eigenvalue weighted by Crippen LogP contribution is -1.81. The van der Waals surface area contributed by atoms with Gasteiger partial charge in [-0.2, -0.15) is 0 Å². The van der Waals surface area contributed by atoms with Crippen molar-refractivity contribution in [2.75, 3.05) is 12.4 Å². The van der Waals surface area contributed by atoms with E-state index in [2.05, 4.69) is 54.7 Å². The molecule has 0 aliphatic carbocycles. The zero-order valence-corrected chi connectivity index (χ0v) is 13.8. The van der Waals surface area contributed by atoms with Gasteiger partial charge in [-0.1, -0.05) is 12.1 Å². The zero-order valence-electron chi connectivity index (χ0n) is 12.9. The zero-order chi connectivity index (χ0) is 15.6. The van der Waals surface area contributed by atoms with Crippen LogP contribution in [0.25, 0.3) is 42.6 Å². The van der Waals surface area contributed by atoms with E-state index in [0.717, 1.165) is 16.9 Å². The maximum Gasteiger partial charge on any atom is 0.193 e. The molecule has 0 saturated carbocycles. The monoisotopic (exact) mass is 317 g/mol. The molecule has 2 aromatic heterocycles. The van der Waals surface area contributed by atoms with Crippen molar-refractivity contribution in [1.82, 2.24) is 0 Å². The average molecular weight is 317 g/mol. The third-order valence-corrected chi connectivity index (χ3v) is 5.49. The van der Waals surface area contributed by atoms with Gasteiger partial charge in [0.05, 0.1) is 0 Å². The Morgan fingerprint density at radius 3 is 2.35 bits per heavy atom. The summed E-state index contributed by atoms with van der Waals surface area (Å²) in [6.07, 6.45) is 0. The molecule has 0 atom stereocenters. The summed E-state index contributed by atoms with van der Waals surface area (Å²) in [5, 5.41) is 10.6. The number of thiophene rings is 1. The fourth-order valence-electron chi connectivity index (χ4n) is 3.39. The number of hydrogen-bond donors (Lipinski definition) is 1. The highest BCUT2D eigenvalue weighted by Crippen LogP contribution is 2.36. The van der Waals surface area contributed by atoms with Crippen LogP contribution < -0.4 is 5.32 Å². The molecular weight excluding hydrogens is 302 g/mol. The van der Waals surface area contributed by atoms with Crippen LogP contribution >= 0.6 is 11.3 Å². The molecule has 0 saturated heterocycles. The third kappa shape index (κ3) is 1.87. The van der Waals surface area contributed by atoms with E-state index in [1.807, 2.05) is 24.5 Å². The van der Waals surface area contributed by atoms with E-state index in [4.69, 9.17) is 4.42 Å². The molecular formula is C20H15NOS. The Kier molecular flexibility index (Phi) is 2.53. The quantitative estimate of drug-likeness (QED) is 0.367. The predicted molar refractivity (Wildman–Crippen MR) is 101 cm³/mol. The van der Waals surface area contributed by atoms with Crippen molar-refractivity contribution in [3.63, 3.8) is 0 Å². The number of nitrogens with one attached hydrogen (secondary N) is 1. The highest BCUT2D eigenvalue weighted by molar-refractivity contribution is 7.19. The highest BCUT2D eigenvalue weighted by Gasteiger charge is 2.09. The molecule has 0 aliphatic rings. The van der Waals surface area contributed by atoms with Crippen molar-refractivity contribution >= 4 is 59.8 Å². The van der Waals surface area contributed by atoms with Crippen LogP contribution in [0.1, 0.15) is 4.88 Å². The van der Waals surface area contributed by atoms with Gasteiger partial charge in [0.2, 0.25) is 0 Å². The summed E-state index contributed by atoms with van der Waals surface area (Å²) in [4.78, 5) is 1.35. The van der Waals surface area contributed by atoms with Crippen LogP contribution in [0, 0.1) is 6.92 Å². The summed E-state index contributed by atoms with van der Waals surface area (Å²) in [6, 6.07) is 17.7. The SMILES string of the molecule is CNc1cc2cc3ccc4cc5cc(C)sc5cc4c3cc2o1. The lowest BCUT2D eigenvalue weighted by atomic mass is 10.00. The van der Waals surface area contributed by atoms with Gasteiger partial charge in [-0.15, -0.1) is 11.3 Å². The van der Waals surface area contributed by atoms with Crippen LogP contribution in [0.2, 0.25) is 0 Å². The van der Waals surface area contributed by atoms with E-state index in [9.17, 15) is 0 Å². The van der Waals surface area contributed by atoms with Crippen LogP contribution in [0.4, 0.5) is 5.88 Å². The van der Waals surface area contributed by atoms with Gasteiger partial charge < -0.3 is 9.73 Å². The molecule has 0 aliphatic heterocycles. The van der Waals surface area contributed by atoms with Gasteiger partial charge in [0.1, 0.15) is 5.58 Å². The van der Waals surface area contributed by atoms with E-state index >= 15 is 0 Å². The highest BCUT2D eigenvalue weighted by atomic mass is 32.1. The first-order valence-corrected chi connectivity index (χ1v) is 8.51. The summed E-state index contributed by atoms with van der Waals surface area (Å²) in [5.41, 5.74) is 0.928. The van der Waals surface area contributed by atoms with Crippen molar-refractivity contribution in [3.05, 3.63) is 53.4 Å². The molecule has 23 heavy (non-hydrogen) atoms. The second-order valence-corrected chi connectivity index (χ2v) is 7.29. The van der Waals surface area contributed by atoms with E-state index in [-0.39, 0.29) is 0 Å². The van der Waals surface area contributed by atoms with Crippen LogP contribution in [0.3, 0.4) is 0 Å². The second kappa shape index (κ2) is 4.49. The minimum atomic E-state index is 0.802. The predicted octanol–water partition coefficient (Wildman–Crippen LogP) is 6.30. The van der Waals surface area contributed by atoms with E-state index in [1.165, 1.54) is 36.5 Å². The molecule has 112 valence electrons. The lowest BCUT2D eigenvalue weighted by Gasteiger charge is -2.05. The number of aryl methyl sites for hydroxylation is 1. The Hall–Kier alpha value is -2.52. The van der Waals surface area contributed by atoms with Gasteiger partial charge in [-0.25, -0.2) is 0 Å². The maximum atomic E-state index is 5.86. The molecule has 0 bridgehead atoms. The average Bonchev–Trinajstić information content (AvgIpc) is 3.11. The summed E-state index contributed by atoms with van der Waals surface area (Å²) in [6.45, 7) is 2.17. The number of benzene rings is 3. The minimum absolute atomic E-state index is 0.802. The minimum Gasteiger partial charge on any atom is -0.441 e. The van der Waals surface area contributed by atoms with Gasteiger partial charge in [-0.3, -0.25) is 0 Å². The summed E-state index contributed by atoms with van der Waals surface area (Å²) < 4.78 is 7.20. The second-order valence-electron chi connectivity index (χ2n) is 6.01. The van der Waals surface area contributed by atoms with Gasteiger partial charge >= 0.3 is 0 Å². The first-order valence-electron chi connectivity index (χ1n) is 7.69. The van der Waals surface area contributed by atoms with Crippen molar-refractivity contribution in [1.29, 1.82) is 0 Å². The van der Waals surface area contributed by atoms with Gasteiger partial charge in [-0.05, 0) is 64.2 Å². The number of anilines is 1. The van der Waals surface area contributed by atoms with Crippen LogP contribution in [0.5, 0.6) is 0 Å². The molecule has 0 spiro atoms. The Balaban J connectivity index is 1.93. The van der Waals surface area contributed by atoms with Crippen LogP contribution in [-0.4, -0.2) is 7.05 Å². The lowest BCUT2D eigenvalue weighted by molar-refractivity contribution is 0.632. The molecule has 5 aromatic rings. The summed E-state index contributed by atoms with van der Waals surface area (Å²) >= 11 is 1.85. The number of fused-ring (bicyclic) bond motifs is 5. The molecule has 0 amide bonds. The molecule has 0 fully saturated rings. The number of furan rings is 1. The van der Waals surface area contributed by atoms with Crippen LogP contribution in [0.15, 0.2) is 52.9 Å². The topological polar surface area (TPSA) is 25.2 Å². The van der Waals surface area contributed by atoms with Crippen molar-refractivity contribution in [2.24, 2.45) is 0 Å². The maximum absolute atomic E-state index is 5.86. The molecule has 0 radical (unpaired) electrons. The molecule has 0 unspecified atom stereocenters. The molecule has 1 N–H and O–H groups in total. The van der Waals surface area contributed by atoms with Gasteiger partial charge in [0, 0.05) is 28.1 Å². The molecule has 2 nitrogen and oxygen atoms in total. The fraction of sp³-hybridized carbons (Fsp3) is 0.100. The first kappa shape index (κ1) is 13.0. The van der Waals surface area contributed by atoms with Gasteiger partial charge in [0.25, 0.3) is 0 Å². The molecule has 5 rings (SSSR count). The Morgan fingerprint density at radius 1 is 0.826 bits per heavy atom. The molecule has 3 aromatic carbocycles. The Labute approximate surface area is 137 Å². The Bertz CT molecular complexity index is 1210. The molecule has 3 heteroatoms. The van der Waals surface area contributed by atoms with E-state index < -0.39 is 0 Å². The van der Waals surface area contributed by atoms with Gasteiger partial charge in [0.15, 0.2) is 5.88 Å². The Morgan fingerprint density at radius 2 is 1.57 bits per heavy atom. The van der Waals surface area contributed by atoms with Crippen molar-refractivity contribution < 1.29 is 4.42 Å². The van der Waals surface area contributed by atoms with Crippen LogP contribution in [-0.2, 0) is 0 Å². The smallest absolute Gasteiger partial charge is 0.193 e. The van der Waals surface area contributed by atoms with Crippen molar-refractivity contribution in [2.45, 2.75) is 6.92 Å². The standard InChI is InChI=1S/C20H15NOS/c1-11-5-15-7-13-4-3-12-6-14-8-20(21-2)22-18(14)9-16(12)17(13)10-19(15)23-11/h3-10,21H,1-2H3. The number of hydrogen-bond acceptors (Lipinski definition) is 3. The third-order valence-electron chi connectivity index (χ3n) is 4.48. The summed E-state index contributed by atoms with van der Waals surface area (Å²) in [7, 11) is 1.88. The van der Waals surface area contributed by atoms with E-state index in [0.29, 0.717) is 0 Å². The largest absolute Gasteiger partial charge is 0.441 e. The normalized spacial score (nSPS) is 11.9. The number of rotatable bonds is 1. The fourth-order valence-corrected chi connectivity index (χ4v) is 4.33. The first-order chi connectivity index (χ1) is 11.2. The van der Waals surface area contributed by atoms with E-state index in [1.54, 1.807) is 0 Å². The summed E-state index contributed by atoms with van der Waals surface area (Å²) in [5.74, 6) is 0.802. The van der Waals surface area contributed by atoms with Crippen molar-refractivity contribution in [3.8, 4) is 0 Å².